The number of hydrogen-bond acceptors (Lipinski definition) is 0. The zero-order valence-corrected chi connectivity index (χ0v) is 9.48. The predicted octanol–water partition coefficient (Wildman–Crippen LogP) is 3.76. The zero-order valence-electron chi connectivity index (χ0n) is 8.48. The molecule has 11 heavy (non-hydrogen) atoms. The van der Waals surface area contributed by atoms with Gasteiger partial charge in [-0.15, -0.1) is 8.58 Å². The van der Waals surface area contributed by atoms with E-state index in [1.165, 1.54) is 25.4 Å². The van der Waals surface area contributed by atoms with E-state index in [2.05, 4.69) is 27.4 Å². The molecule has 0 aliphatic rings. The Morgan fingerprint density at radius 1 is 1.09 bits per heavy atom. The lowest BCUT2D eigenvalue weighted by atomic mass is 9.97. The molecule has 3 atom stereocenters. The molecule has 0 saturated heterocycles. The van der Waals surface area contributed by atoms with E-state index in [1.54, 1.807) is 0 Å². The summed E-state index contributed by atoms with van der Waals surface area (Å²) in [6.45, 7) is 9.34. The highest BCUT2D eigenvalue weighted by molar-refractivity contribution is 7.36. The highest BCUT2D eigenvalue weighted by Crippen LogP contribution is 2.19. The molecule has 0 aromatic heterocycles. The maximum Gasteiger partial charge on any atom is -0.0330 e. The van der Waals surface area contributed by atoms with Crippen molar-refractivity contribution in [2.75, 3.05) is 12.8 Å². The lowest BCUT2D eigenvalue weighted by Crippen LogP contribution is -2.00. The summed E-state index contributed by atoms with van der Waals surface area (Å²) in [6, 6.07) is 0. The molecule has 0 saturated carbocycles. The summed E-state index contributed by atoms with van der Waals surface area (Å²) in [5.74, 6) is 1.91. The largest absolute Gasteiger partial charge is 0.125 e. The van der Waals surface area contributed by atoms with Gasteiger partial charge in [0.2, 0.25) is 0 Å². The van der Waals surface area contributed by atoms with E-state index in [-0.39, 0.29) is 0 Å². The Kier molecular flexibility index (Phi) is 7.38. The Labute approximate surface area is 73.9 Å². The Hall–Kier alpha value is 0.430. The summed E-state index contributed by atoms with van der Waals surface area (Å²) >= 11 is 0. The second kappa shape index (κ2) is 7.10. The lowest BCUT2D eigenvalue weighted by Gasteiger charge is -2.12. The van der Waals surface area contributed by atoms with Crippen molar-refractivity contribution in [1.82, 2.24) is 0 Å². The second-order valence-corrected chi connectivity index (χ2v) is 4.87. The van der Waals surface area contributed by atoms with Crippen LogP contribution in [0.3, 0.4) is 0 Å². The maximum absolute atomic E-state index is 2.39. The van der Waals surface area contributed by atoms with Crippen LogP contribution in [0.4, 0.5) is 0 Å². The van der Waals surface area contributed by atoms with Crippen molar-refractivity contribution in [3.8, 4) is 0 Å². The van der Waals surface area contributed by atoms with Gasteiger partial charge in [-0.1, -0.05) is 40.0 Å². The molecule has 0 nitrogen and oxygen atoms in total. The third-order valence-corrected chi connectivity index (χ3v) is 3.51. The fraction of sp³-hybridized carbons (Fsp3) is 1.00. The van der Waals surface area contributed by atoms with E-state index in [0.717, 1.165) is 20.4 Å². The summed E-state index contributed by atoms with van der Waals surface area (Å²) in [4.78, 5) is 0. The Balaban J connectivity index is 3.22. The van der Waals surface area contributed by atoms with Crippen LogP contribution in [0.2, 0.25) is 0 Å². The van der Waals surface area contributed by atoms with Crippen LogP contribution in [-0.2, 0) is 0 Å². The molecule has 0 bridgehead atoms. The minimum atomic E-state index is 0.942. The van der Waals surface area contributed by atoms with Crippen LogP contribution in [0, 0.1) is 11.8 Å². The van der Waals surface area contributed by atoms with Crippen LogP contribution >= 0.6 is 8.58 Å². The fourth-order valence-electron chi connectivity index (χ4n) is 1.22. The van der Waals surface area contributed by atoms with Crippen LogP contribution in [0.5, 0.6) is 0 Å². The molecule has 0 spiro atoms. The first kappa shape index (κ1) is 11.4. The third kappa shape index (κ3) is 6.81. The van der Waals surface area contributed by atoms with Gasteiger partial charge in [0, 0.05) is 0 Å². The molecule has 0 heterocycles. The van der Waals surface area contributed by atoms with Gasteiger partial charge in [-0.05, 0) is 24.7 Å². The molecule has 0 amide bonds. The van der Waals surface area contributed by atoms with Gasteiger partial charge in [0.1, 0.15) is 0 Å². The summed E-state index contributed by atoms with van der Waals surface area (Å²) in [5, 5.41) is 0. The quantitative estimate of drug-likeness (QED) is 0.538. The van der Waals surface area contributed by atoms with E-state index in [9.17, 15) is 0 Å². The third-order valence-electron chi connectivity index (χ3n) is 2.40. The zero-order chi connectivity index (χ0) is 8.69. The minimum absolute atomic E-state index is 0.942. The molecule has 0 aliphatic carbocycles. The van der Waals surface area contributed by atoms with E-state index in [1.807, 2.05) is 0 Å². The van der Waals surface area contributed by atoms with Gasteiger partial charge in [0.15, 0.2) is 0 Å². The molecular formula is C10H23P. The molecule has 0 radical (unpaired) electrons. The van der Waals surface area contributed by atoms with Crippen molar-refractivity contribution in [2.24, 2.45) is 11.8 Å². The van der Waals surface area contributed by atoms with Crippen LogP contribution in [0.25, 0.3) is 0 Å². The first-order valence-corrected chi connectivity index (χ1v) is 6.56. The fourth-order valence-corrected chi connectivity index (χ4v) is 2.12. The molecule has 0 fully saturated rings. The second-order valence-electron chi connectivity index (χ2n) is 3.75. The van der Waals surface area contributed by atoms with Gasteiger partial charge in [0.25, 0.3) is 0 Å². The van der Waals surface area contributed by atoms with Crippen molar-refractivity contribution >= 4 is 8.58 Å². The minimum Gasteiger partial charge on any atom is -0.125 e. The summed E-state index contributed by atoms with van der Waals surface area (Å²) in [5.41, 5.74) is 0. The Bertz CT molecular complexity index is 80.9. The number of rotatable bonds is 6. The number of hydrogen-bond donors (Lipinski definition) is 0. The van der Waals surface area contributed by atoms with Gasteiger partial charge < -0.3 is 0 Å². The topological polar surface area (TPSA) is 0 Å². The normalized spacial score (nSPS) is 17.5. The van der Waals surface area contributed by atoms with Crippen LogP contribution in [0.1, 0.15) is 40.0 Å². The molecule has 0 aromatic rings. The molecule has 0 rings (SSSR count). The van der Waals surface area contributed by atoms with Crippen molar-refractivity contribution in [3.05, 3.63) is 0 Å². The van der Waals surface area contributed by atoms with Gasteiger partial charge in [0.05, 0.1) is 0 Å². The smallest absolute Gasteiger partial charge is 0.0330 e. The summed E-state index contributed by atoms with van der Waals surface area (Å²) in [7, 11) is 1.14. The average molecular weight is 174 g/mol. The van der Waals surface area contributed by atoms with Crippen molar-refractivity contribution in [2.45, 2.75) is 40.0 Å². The predicted molar refractivity (Wildman–Crippen MR) is 57.0 cm³/mol. The van der Waals surface area contributed by atoms with E-state index < -0.39 is 0 Å². The average Bonchev–Trinajstić information content (AvgIpc) is 2.01. The molecule has 68 valence electrons. The van der Waals surface area contributed by atoms with Crippen molar-refractivity contribution in [3.63, 3.8) is 0 Å². The molecule has 0 N–H and O–H groups in total. The van der Waals surface area contributed by atoms with E-state index in [0.29, 0.717) is 0 Å². The SMILES string of the molecule is CCC(C)CCC(C)CPC. The van der Waals surface area contributed by atoms with Crippen LogP contribution in [0.15, 0.2) is 0 Å². The van der Waals surface area contributed by atoms with Gasteiger partial charge in [-0.3, -0.25) is 0 Å². The van der Waals surface area contributed by atoms with Crippen molar-refractivity contribution < 1.29 is 0 Å². The summed E-state index contributed by atoms with van der Waals surface area (Å²) in [6.07, 6.45) is 5.66. The molecule has 0 aliphatic heterocycles. The van der Waals surface area contributed by atoms with Crippen molar-refractivity contribution in [1.29, 1.82) is 0 Å². The van der Waals surface area contributed by atoms with Gasteiger partial charge in [-0.2, -0.15) is 0 Å². The standard InChI is InChI=1S/C10H23P/c1-5-9(2)6-7-10(3)8-11-4/h9-11H,5-8H2,1-4H3. The summed E-state index contributed by atoms with van der Waals surface area (Å²) < 4.78 is 0. The van der Waals surface area contributed by atoms with E-state index >= 15 is 0 Å². The molecule has 1 heteroatoms. The molecule has 3 unspecified atom stereocenters. The molecule has 0 aromatic carbocycles. The highest BCUT2D eigenvalue weighted by Gasteiger charge is 2.03. The molecular weight excluding hydrogens is 151 g/mol. The van der Waals surface area contributed by atoms with E-state index in [4.69, 9.17) is 0 Å². The highest BCUT2D eigenvalue weighted by atomic mass is 31.1. The monoisotopic (exact) mass is 174 g/mol. The van der Waals surface area contributed by atoms with Gasteiger partial charge in [-0.25, -0.2) is 0 Å². The first-order chi connectivity index (χ1) is 5.20. The van der Waals surface area contributed by atoms with Crippen LogP contribution < -0.4 is 0 Å². The Morgan fingerprint density at radius 3 is 2.09 bits per heavy atom. The Morgan fingerprint density at radius 2 is 1.64 bits per heavy atom. The maximum atomic E-state index is 2.39. The van der Waals surface area contributed by atoms with Gasteiger partial charge >= 0.3 is 0 Å². The lowest BCUT2D eigenvalue weighted by molar-refractivity contribution is 0.444. The first-order valence-electron chi connectivity index (χ1n) is 4.85. The van der Waals surface area contributed by atoms with Crippen LogP contribution in [-0.4, -0.2) is 12.8 Å².